The Morgan fingerprint density at radius 3 is 2.94 bits per heavy atom. The van der Waals surface area contributed by atoms with E-state index < -0.39 is 0 Å². The molecule has 1 aromatic carbocycles. The Bertz CT molecular complexity index is 972. The number of thioether (sulfide) groups is 1. The molecule has 0 bridgehead atoms. The Hall–Kier alpha value is -2.16. The van der Waals surface area contributed by atoms with Gasteiger partial charge in [0.05, 0.1) is 11.1 Å². The molecule has 3 unspecified atom stereocenters. The van der Waals surface area contributed by atoms with Gasteiger partial charge in [0, 0.05) is 48.8 Å². The van der Waals surface area contributed by atoms with Gasteiger partial charge < -0.3 is 21.1 Å². The van der Waals surface area contributed by atoms with Crippen molar-refractivity contribution in [2.45, 2.75) is 43.9 Å². The highest BCUT2D eigenvalue weighted by Crippen LogP contribution is 2.30. The van der Waals surface area contributed by atoms with E-state index in [1.807, 2.05) is 30.3 Å². The summed E-state index contributed by atoms with van der Waals surface area (Å²) in [6.07, 6.45) is 4.81. The number of carbonyl (C=O) groups excluding carboxylic acids is 1. The summed E-state index contributed by atoms with van der Waals surface area (Å²) in [4.78, 5) is 23.8. The summed E-state index contributed by atoms with van der Waals surface area (Å²) in [5.74, 6) is 1.80. The molecular weight excluding hydrogens is 422 g/mol. The van der Waals surface area contributed by atoms with Crippen LogP contribution in [-0.2, 0) is 0 Å². The fraction of sp³-hybridized carbons (Fsp3) is 0.542. The number of aliphatic hydroxyl groups excluding tert-OH is 1. The van der Waals surface area contributed by atoms with Gasteiger partial charge in [0.2, 0.25) is 0 Å². The van der Waals surface area contributed by atoms with Gasteiger partial charge in [-0.2, -0.15) is 16.8 Å². The molecule has 8 heteroatoms. The number of fused-ring (bicyclic) bond motifs is 1. The molecule has 0 radical (unpaired) electrons. The number of nitrogens with one attached hydrogen (secondary N) is 1. The van der Waals surface area contributed by atoms with Crippen molar-refractivity contribution in [1.29, 1.82) is 0 Å². The third-order valence-corrected chi connectivity index (χ3v) is 7.76. The second kappa shape index (κ2) is 10.6. The third-order valence-electron chi connectivity index (χ3n) is 6.36. The van der Waals surface area contributed by atoms with Crippen LogP contribution in [-0.4, -0.2) is 65.1 Å². The lowest BCUT2D eigenvalue weighted by Crippen LogP contribution is -2.52. The summed E-state index contributed by atoms with van der Waals surface area (Å²) in [7, 11) is 0. The van der Waals surface area contributed by atoms with Gasteiger partial charge in [-0.1, -0.05) is 24.6 Å². The number of aliphatic hydroxyl groups is 1. The van der Waals surface area contributed by atoms with Crippen molar-refractivity contribution in [3.63, 3.8) is 0 Å². The zero-order valence-corrected chi connectivity index (χ0v) is 19.5. The molecule has 3 atom stereocenters. The Morgan fingerprint density at radius 2 is 2.19 bits per heavy atom. The van der Waals surface area contributed by atoms with E-state index in [0.717, 1.165) is 30.4 Å². The van der Waals surface area contributed by atoms with Crippen molar-refractivity contribution in [2.75, 3.05) is 36.9 Å². The number of rotatable bonds is 6. The molecule has 0 aliphatic carbocycles. The third kappa shape index (κ3) is 5.42. The standard InChI is InChI=1S/C24H33N5O2S/c1-16(25)27-24(31)20-12-17-6-2-3-8-22(17)28-23(20)29-10-9-21(18(14-29)15-30)26-13-19-7-4-5-11-32-19/h2-3,6,8,12,18-19,21,26,30H,4-5,7,9-11,13-15H2,1H3,(H2,25,27,31). The van der Waals surface area contributed by atoms with Crippen LogP contribution in [0, 0.1) is 5.92 Å². The average Bonchev–Trinajstić information content (AvgIpc) is 2.82. The minimum absolute atomic E-state index is 0.0771. The molecule has 1 amide bonds. The number of amides is 1. The van der Waals surface area contributed by atoms with Gasteiger partial charge in [0.1, 0.15) is 11.7 Å². The zero-order valence-electron chi connectivity index (χ0n) is 18.7. The van der Waals surface area contributed by atoms with Gasteiger partial charge in [0.15, 0.2) is 0 Å². The van der Waals surface area contributed by atoms with Crippen molar-refractivity contribution >= 4 is 40.2 Å². The summed E-state index contributed by atoms with van der Waals surface area (Å²) >= 11 is 2.06. The van der Waals surface area contributed by atoms with Gasteiger partial charge in [-0.05, 0) is 44.1 Å². The molecule has 7 nitrogen and oxygen atoms in total. The molecule has 2 aromatic rings. The molecule has 4 rings (SSSR count). The molecule has 32 heavy (non-hydrogen) atoms. The molecule has 3 heterocycles. The molecule has 2 aliphatic rings. The van der Waals surface area contributed by atoms with E-state index in [0.29, 0.717) is 23.2 Å². The SMILES string of the molecule is CC(N)=NC(=O)c1cc2ccccc2nc1N1CCC(NCC2CCCCS2)C(CO)C1. The topological polar surface area (TPSA) is 104 Å². The number of hydrogen-bond donors (Lipinski definition) is 3. The van der Waals surface area contributed by atoms with Crippen LogP contribution in [0.25, 0.3) is 10.9 Å². The Kier molecular flexibility index (Phi) is 7.65. The van der Waals surface area contributed by atoms with Crippen LogP contribution in [0.4, 0.5) is 5.82 Å². The minimum atomic E-state index is -0.381. The maximum Gasteiger partial charge on any atom is 0.282 e. The maximum atomic E-state index is 12.9. The predicted octanol–water partition coefficient (Wildman–Crippen LogP) is 2.81. The first kappa shape index (κ1) is 23.0. The van der Waals surface area contributed by atoms with E-state index >= 15 is 0 Å². The summed E-state index contributed by atoms with van der Waals surface area (Å²) in [5.41, 5.74) is 6.97. The first-order valence-electron chi connectivity index (χ1n) is 11.5. The van der Waals surface area contributed by atoms with Crippen molar-refractivity contribution in [1.82, 2.24) is 10.3 Å². The number of aliphatic imine (C=N–C) groups is 1. The predicted molar refractivity (Wildman–Crippen MR) is 133 cm³/mol. The van der Waals surface area contributed by atoms with Gasteiger partial charge in [-0.15, -0.1) is 0 Å². The normalized spacial score (nSPS) is 24.6. The number of anilines is 1. The van der Waals surface area contributed by atoms with Crippen molar-refractivity contribution in [2.24, 2.45) is 16.6 Å². The lowest BCUT2D eigenvalue weighted by molar-refractivity contribution is 0.100. The number of pyridine rings is 1. The van der Waals surface area contributed by atoms with E-state index in [2.05, 4.69) is 27.0 Å². The highest BCUT2D eigenvalue weighted by molar-refractivity contribution is 7.99. The minimum Gasteiger partial charge on any atom is -0.396 e. The highest BCUT2D eigenvalue weighted by atomic mass is 32.2. The second-order valence-electron chi connectivity index (χ2n) is 8.79. The summed E-state index contributed by atoms with van der Waals surface area (Å²) in [6, 6.07) is 9.88. The largest absolute Gasteiger partial charge is 0.396 e. The number of aromatic nitrogens is 1. The summed E-state index contributed by atoms with van der Waals surface area (Å²) < 4.78 is 0. The number of nitrogens with zero attached hydrogens (tertiary/aromatic N) is 3. The molecule has 2 aliphatic heterocycles. The van der Waals surface area contributed by atoms with Crippen LogP contribution in [0.1, 0.15) is 43.0 Å². The van der Waals surface area contributed by atoms with E-state index in [1.165, 1.54) is 25.0 Å². The number of carbonyl (C=O) groups is 1. The Labute approximate surface area is 193 Å². The van der Waals surface area contributed by atoms with Crippen LogP contribution >= 0.6 is 11.8 Å². The van der Waals surface area contributed by atoms with Gasteiger partial charge in [0.25, 0.3) is 5.91 Å². The number of benzene rings is 1. The lowest BCUT2D eigenvalue weighted by Gasteiger charge is -2.40. The van der Waals surface area contributed by atoms with Gasteiger partial charge in [-0.3, -0.25) is 4.79 Å². The second-order valence-corrected chi connectivity index (χ2v) is 10.2. The van der Waals surface area contributed by atoms with Gasteiger partial charge >= 0.3 is 0 Å². The smallest absolute Gasteiger partial charge is 0.282 e. The fourth-order valence-corrected chi connectivity index (χ4v) is 5.91. The number of piperidine rings is 1. The van der Waals surface area contributed by atoms with Gasteiger partial charge in [-0.25, -0.2) is 4.98 Å². The monoisotopic (exact) mass is 455 g/mol. The van der Waals surface area contributed by atoms with Crippen LogP contribution in [0.2, 0.25) is 0 Å². The fourth-order valence-electron chi connectivity index (χ4n) is 4.65. The van der Waals surface area contributed by atoms with Crippen LogP contribution in [0.3, 0.4) is 0 Å². The first-order chi connectivity index (χ1) is 15.5. The average molecular weight is 456 g/mol. The molecule has 0 spiro atoms. The molecular formula is C24H33N5O2S. The molecule has 172 valence electrons. The van der Waals surface area contributed by atoms with E-state index in [4.69, 9.17) is 10.7 Å². The Balaban J connectivity index is 1.54. The summed E-state index contributed by atoms with van der Waals surface area (Å²) in [5, 5.41) is 15.4. The molecule has 4 N–H and O–H groups in total. The van der Waals surface area contributed by atoms with E-state index in [1.54, 1.807) is 6.92 Å². The number of hydrogen-bond acceptors (Lipinski definition) is 6. The van der Waals surface area contributed by atoms with Crippen molar-refractivity contribution in [3.05, 3.63) is 35.9 Å². The van der Waals surface area contributed by atoms with Crippen molar-refractivity contribution < 1.29 is 9.90 Å². The lowest BCUT2D eigenvalue weighted by atomic mass is 9.92. The Morgan fingerprint density at radius 1 is 1.34 bits per heavy atom. The van der Waals surface area contributed by atoms with E-state index in [9.17, 15) is 9.90 Å². The first-order valence-corrected chi connectivity index (χ1v) is 12.6. The summed E-state index contributed by atoms with van der Waals surface area (Å²) in [6.45, 7) is 4.11. The van der Waals surface area contributed by atoms with E-state index in [-0.39, 0.29) is 30.3 Å². The number of para-hydroxylation sites is 1. The maximum absolute atomic E-state index is 12.9. The van der Waals surface area contributed by atoms with Crippen LogP contribution < -0.4 is 16.0 Å². The number of amidine groups is 1. The number of nitrogens with two attached hydrogens (primary N) is 1. The van der Waals surface area contributed by atoms with Crippen molar-refractivity contribution in [3.8, 4) is 0 Å². The molecule has 2 saturated heterocycles. The highest BCUT2D eigenvalue weighted by Gasteiger charge is 2.32. The molecule has 0 saturated carbocycles. The zero-order chi connectivity index (χ0) is 22.5. The van der Waals surface area contributed by atoms with Crippen LogP contribution in [0.15, 0.2) is 35.3 Å². The molecule has 2 fully saturated rings. The quantitative estimate of drug-likeness (QED) is 0.454. The molecule has 1 aromatic heterocycles. The van der Waals surface area contributed by atoms with Crippen LogP contribution in [0.5, 0.6) is 0 Å².